The number of aromatic nitrogens is 6. The maximum atomic E-state index is 13.5. The van der Waals surface area contributed by atoms with Crippen molar-refractivity contribution < 1.29 is 77.8 Å². The molecule has 3 aromatic carbocycles. The quantitative estimate of drug-likeness (QED) is 0.101. The molecule has 6 aromatic rings. The van der Waals surface area contributed by atoms with Crippen LogP contribution in [0.2, 0.25) is 0 Å². The number of ether oxygens (including phenoxy) is 2. The number of aromatic amines is 3. The number of hydrogen-bond acceptors (Lipinski definition) is 13. The van der Waals surface area contributed by atoms with Crippen LogP contribution in [0.15, 0.2) is 79.0 Å². The molecule has 0 spiro atoms. The van der Waals surface area contributed by atoms with Crippen molar-refractivity contribution in [3.05, 3.63) is 158 Å². The Labute approximate surface area is 609 Å². The van der Waals surface area contributed by atoms with Crippen LogP contribution in [0.25, 0.3) is 0 Å². The summed E-state index contributed by atoms with van der Waals surface area (Å²) in [6.07, 6.45) is -4.91. The normalized spacial score (nSPS) is 23.7. The molecule has 0 radical (unpaired) electrons. The molecule has 566 valence electrons. The number of hydrogen-bond donors (Lipinski definition) is 5. The van der Waals surface area contributed by atoms with Crippen molar-refractivity contribution in [1.29, 1.82) is 0 Å². The summed E-state index contributed by atoms with van der Waals surface area (Å²) in [4.78, 5) is 73.8. The minimum Gasteiger partial charge on any atom is -0.444 e. The second-order valence-corrected chi connectivity index (χ2v) is 30.1. The Hall–Kier alpha value is -7.98. The summed E-state index contributed by atoms with van der Waals surface area (Å²) in [6.45, 7) is 18.8. The summed E-state index contributed by atoms with van der Waals surface area (Å²) in [5, 5.41) is 27.9. The summed E-state index contributed by atoms with van der Waals surface area (Å²) in [5.74, 6) is 1.63. The largest absolute Gasteiger partial charge is 0.444 e. The predicted molar refractivity (Wildman–Crippen MR) is 367 cm³/mol. The first-order chi connectivity index (χ1) is 48.2. The van der Waals surface area contributed by atoms with Crippen LogP contribution in [0.3, 0.4) is 0 Å². The van der Waals surface area contributed by atoms with Crippen molar-refractivity contribution in [3.8, 4) is 0 Å². The van der Waals surface area contributed by atoms with Gasteiger partial charge in [-0.1, -0.05) is 54.6 Å². The van der Waals surface area contributed by atoms with E-state index in [4.69, 9.17) is 19.1 Å². The van der Waals surface area contributed by atoms with Gasteiger partial charge in [0, 0.05) is 56.9 Å². The Morgan fingerprint density at radius 3 is 1.24 bits per heavy atom. The predicted octanol–water partition coefficient (Wildman–Crippen LogP) is 13.7. The van der Waals surface area contributed by atoms with Gasteiger partial charge in [-0.15, -0.1) is 24.8 Å². The van der Waals surface area contributed by atoms with Crippen LogP contribution in [-0.4, -0.2) is 150 Å². The third kappa shape index (κ3) is 18.8. The zero-order valence-corrected chi connectivity index (χ0v) is 60.3. The number of carbonyl (C=O) groups excluding carboxylic acids is 6. The van der Waals surface area contributed by atoms with Crippen molar-refractivity contribution in [2.75, 3.05) is 58.9 Å². The average Bonchev–Trinajstić information content (AvgIpc) is 1.61. The monoisotopic (exact) mass is 1500 g/mol. The van der Waals surface area contributed by atoms with E-state index in [0.29, 0.717) is 131 Å². The van der Waals surface area contributed by atoms with Gasteiger partial charge in [0.25, 0.3) is 11.8 Å². The van der Waals surface area contributed by atoms with Crippen molar-refractivity contribution >= 4 is 55.0 Å². The fourth-order valence-electron chi connectivity index (χ4n) is 16.6. The van der Waals surface area contributed by atoms with Gasteiger partial charge in [0.2, 0.25) is 0 Å². The first-order valence-corrected chi connectivity index (χ1v) is 34.8. The summed E-state index contributed by atoms with van der Waals surface area (Å²) in [5.41, 5.74) is 5.38. The number of H-pyrrole nitrogens is 3. The maximum absolute atomic E-state index is 13.5. The molecule has 9 heterocycles. The van der Waals surface area contributed by atoms with E-state index in [1.165, 1.54) is 35.9 Å². The minimum atomic E-state index is -4.37. The van der Waals surface area contributed by atoms with E-state index in [2.05, 4.69) is 41.2 Å². The zero-order chi connectivity index (χ0) is 73.2. The lowest BCUT2D eigenvalue weighted by Crippen LogP contribution is -2.40. The van der Waals surface area contributed by atoms with Gasteiger partial charge >= 0.3 is 36.9 Å². The molecule has 9 atom stereocenters. The third-order valence-corrected chi connectivity index (χ3v) is 21.1. The lowest BCUT2D eigenvalue weighted by molar-refractivity contribution is -0.191. The molecule has 3 aromatic heterocycles. The highest BCUT2D eigenvalue weighted by Gasteiger charge is 2.49. The molecule has 9 aliphatic rings. The van der Waals surface area contributed by atoms with E-state index >= 15 is 0 Å². The average molecular weight is 1500 g/mol. The lowest BCUT2D eigenvalue weighted by Gasteiger charge is -2.30. The van der Waals surface area contributed by atoms with Gasteiger partial charge in [-0.3, -0.25) is 24.9 Å². The maximum Gasteiger partial charge on any atom is 0.416 e. The minimum absolute atomic E-state index is 0. The third-order valence-electron chi connectivity index (χ3n) is 21.1. The standard InChI is InChI=1S/C26H31F3N4O3.C21H23F3N4O.C14H16F3N.C11H17N3O2.CO2.2ClH/c1-25(2,3)36-24(35)32-9-8-19-21(14-32)30-31-22(19)23(34)33-12-16-10-15(11-17(16)13-33)18-6-4-5-7-20(18)26(27,28)29;22-21(23,24)17-4-2-1-3-15(17)12-7-13-10-28(11-14(13)8-12)20(29)19-16-5-6-25-9-18(16)26-27-19;15-14(16,17)13-4-2-1-3-12(13)9-5-10-7-18-8-11(10)6-9;1-11(2,3)16-10(15)14-5-4-8-6-12-13-9(8)7-14;2-1-3;;/h4-7,15-17H,8-14H2,1-3H3,(H,30,31);1-4,12-14,25H,5-11H2,(H,26,27);1-4,9-11,18H,5-8H2;6H,4-5,7H2,1-3H3,(H,12,13);;2*1H/t15?,16-,17+;12?,13-,14+;9?,10-,11+;;;;. The van der Waals surface area contributed by atoms with Gasteiger partial charge in [0.15, 0.2) is 11.4 Å². The van der Waals surface area contributed by atoms with E-state index < -0.39 is 52.5 Å². The van der Waals surface area contributed by atoms with Gasteiger partial charge in [-0.25, -0.2) is 9.59 Å². The second kappa shape index (κ2) is 32.8. The van der Waals surface area contributed by atoms with Crippen LogP contribution < -0.4 is 10.6 Å². The number of halogens is 11. The molecule has 3 saturated heterocycles. The van der Waals surface area contributed by atoms with Crippen molar-refractivity contribution in [3.63, 3.8) is 0 Å². The molecular weight excluding hydrogens is 1410 g/mol. The molecular formula is C73H89Cl2F9N12O8. The van der Waals surface area contributed by atoms with Crippen molar-refractivity contribution in [1.82, 2.24) is 60.8 Å². The van der Waals surface area contributed by atoms with Crippen LogP contribution in [0, 0.1) is 35.5 Å². The first kappa shape index (κ1) is 80.1. The number of nitrogens with one attached hydrogen (secondary N) is 5. The molecule has 3 aliphatic carbocycles. The Kier molecular flexibility index (Phi) is 25.3. The Balaban J connectivity index is 0.000000165. The van der Waals surface area contributed by atoms with Gasteiger partial charge in [0.05, 0.1) is 53.1 Å². The van der Waals surface area contributed by atoms with Gasteiger partial charge in [-0.2, -0.15) is 64.4 Å². The van der Waals surface area contributed by atoms with E-state index in [1.54, 1.807) is 51.1 Å². The molecule has 3 saturated carbocycles. The zero-order valence-electron chi connectivity index (χ0n) is 58.7. The number of nitrogens with zero attached hydrogens (tertiary/aromatic N) is 7. The molecule has 0 bridgehead atoms. The van der Waals surface area contributed by atoms with Crippen LogP contribution in [0.1, 0.15) is 186 Å². The van der Waals surface area contributed by atoms with Gasteiger partial charge < -0.3 is 39.7 Å². The molecule has 104 heavy (non-hydrogen) atoms. The Morgan fingerprint density at radius 1 is 0.471 bits per heavy atom. The summed E-state index contributed by atoms with van der Waals surface area (Å²) < 4.78 is 130. The Bertz CT molecular complexity index is 3970. The summed E-state index contributed by atoms with van der Waals surface area (Å²) in [6, 6.07) is 17.8. The SMILES string of the molecule is CC(C)(C)OC(=O)N1CCc2c(C(=O)N3C[C@H]4CC(c5ccccc5C(F)(F)F)C[C@H]4C3)n[nH]c2C1.CC(C)(C)OC(=O)N1CCc2cn[nH]c2C1.Cl.Cl.FC(F)(F)c1ccccc1C1C[C@H]2CNC[C@H]2C1.O=C(c1n[nH]c2c1CCNC2)N1C[C@H]2CC(c3ccccc3C(F)(F)F)C[C@H]2C1.O=C=O. The topological polar surface area (TPSA) is 244 Å². The Morgan fingerprint density at radius 2 is 0.837 bits per heavy atom. The fraction of sp³-hybridized carbons (Fsp3) is 0.562. The highest BCUT2D eigenvalue weighted by molar-refractivity contribution is 5.95. The number of amides is 4. The fourth-order valence-corrected chi connectivity index (χ4v) is 16.6. The summed E-state index contributed by atoms with van der Waals surface area (Å²) in [7, 11) is 0. The first-order valence-electron chi connectivity index (χ1n) is 34.8. The number of fused-ring (bicyclic) bond motifs is 6. The highest BCUT2D eigenvalue weighted by atomic mass is 35.5. The molecule has 20 nitrogen and oxygen atoms in total. The van der Waals surface area contributed by atoms with Gasteiger partial charge in [-0.05, 0) is 213 Å². The molecule has 6 aliphatic heterocycles. The van der Waals surface area contributed by atoms with Crippen LogP contribution in [0.4, 0.5) is 49.1 Å². The molecule has 15 rings (SSSR count). The highest BCUT2D eigenvalue weighted by Crippen LogP contribution is 2.52. The molecule has 31 heteroatoms. The smallest absolute Gasteiger partial charge is 0.416 e. The van der Waals surface area contributed by atoms with Gasteiger partial charge in [0.1, 0.15) is 11.2 Å². The molecule has 6 fully saturated rings. The van der Waals surface area contributed by atoms with E-state index in [-0.39, 0.29) is 90.3 Å². The van der Waals surface area contributed by atoms with Crippen LogP contribution in [0.5, 0.6) is 0 Å². The lowest BCUT2D eigenvalue weighted by atomic mass is 9.91. The van der Waals surface area contributed by atoms with E-state index in [9.17, 15) is 58.7 Å². The molecule has 5 N–H and O–H groups in total. The molecule has 4 amide bonds. The number of likely N-dealkylation sites (tertiary alicyclic amines) is 2. The number of carbonyl (C=O) groups is 4. The van der Waals surface area contributed by atoms with Crippen molar-refractivity contribution in [2.45, 2.75) is 166 Å². The van der Waals surface area contributed by atoms with Crippen LogP contribution in [-0.2, 0) is 76.5 Å². The van der Waals surface area contributed by atoms with E-state index in [1.807, 2.05) is 52.6 Å². The number of alkyl halides is 9. The van der Waals surface area contributed by atoms with Crippen LogP contribution >= 0.6 is 24.8 Å². The van der Waals surface area contributed by atoms with Crippen molar-refractivity contribution in [2.24, 2.45) is 35.5 Å². The summed E-state index contributed by atoms with van der Waals surface area (Å²) >= 11 is 0. The number of benzene rings is 3. The second-order valence-electron chi connectivity index (χ2n) is 30.1. The molecule has 3 unspecified atom stereocenters. The van der Waals surface area contributed by atoms with E-state index in [0.717, 1.165) is 79.6 Å². The number of rotatable bonds is 5.